The maximum atomic E-state index is 12.0. The van der Waals surface area contributed by atoms with Gasteiger partial charge in [-0.15, -0.1) is 0 Å². The van der Waals surface area contributed by atoms with E-state index in [9.17, 15) is 4.79 Å². The summed E-state index contributed by atoms with van der Waals surface area (Å²) in [6.07, 6.45) is 8.01. The zero-order chi connectivity index (χ0) is 13.9. The Balaban J connectivity index is 1.43. The van der Waals surface area contributed by atoms with Crippen LogP contribution in [0.15, 0.2) is 22.9 Å². The molecule has 108 valence electrons. The van der Waals surface area contributed by atoms with Gasteiger partial charge < -0.3 is 10.2 Å². The van der Waals surface area contributed by atoms with Gasteiger partial charge in [-0.05, 0) is 53.2 Å². The highest BCUT2D eigenvalue weighted by Crippen LogP contribution is 2.31. The lowest BCUT2D eigenvalue weighted by Gasteiger charge is -2.32. The van der Waals surface area contributed by atoms with Gasteiger partial charge in [0, 0.05) is 48.5 Å². The average molecular weight is 338 g/mol. The molecule has 0 atom stereocenters. The number of likely N-dealkylation sites (tertiary alicyclic amines) is 1. The lowest BCUT2D eigenvalue weighted by molar-refractivity contribution is -0.133. The number of carbonyl (C=O) groups is 1. The number of halogens is 1. The molecule has 1 aliphatic carbocycles. The summed E-state index contributed by atoms with van der Waals surface area (Å²) in [6, 6.07) is 2.60. The highest BCUT2D eigenvalue weighted by molar-refractivity contribution is 9.10. The molecular weight excluding hydrogens is 318 g/mol. The molecule has 1 amide bonds. The van der Waals surface area contributed by atoms with Gasteiger partial charge in [0.1, 0.15) is 0 Å². The number of pyridine rings is 1. The minimum atomic E-state index is 0.354. The van der Waals surface area contributed by atoms with Crippen molar-refractivity contribution in [2.45, 2.75) is 38.3 Å². The molecule has 1 N–H and O–H groups in total. The molecule has 0 unspecified atom stereocenters. The molecule has 1 saturated carbocycles. The van der Waals surface area contributed by atoms with Gasteiger partial charge in [0.05, 0.1) is 0 Å². The van der Waals surface area contributed by atoms with E-state index in [-0.39, 0.29) is 0 Å². The quantitative estimate of drug-likeness (QED) is 0.917. The standard InChI is InChI=1S/C15H20BrN3O/c16-13-7-11(8-17-10-13)9-18-14-3-5-19(6-4-14)15(20)12-1-2-12/h7-8,10,12,14,18H,1-6,9H2. The second kappa shape index (κ2) is 6.22. The van der Waals surface area contributed by atoms with Crippen molar-refractivity contribution < 1.29 is 4.79 Å². The number of carbonyl (C=O) groups excluding carboxylic acids is 1. The summed E-state index contributed by atoms with van der Waals surface area (Å²) in [4.78, 5) is 18.2. The number of hydrogen-bond donors (Lipinski definition) is 1. The van der Waals surface area contributed by atoms with E-state index >= 15 is 0 Å². The van der Waals surface area contributed by atoms with Crippen molar-refractivity contribution in [2.24, 2.45) is 5.92 Å². The van der Waals surface area contributed by atoms with Crippen molar-refractivity contribution in [3.8, 4) is 0 Å². The van der Waals surface area contributed by atoms with Crippen LogP contribution in [0.3, 0.4) is 0 Å². The average Bonchev–Trinajstić information content (AvgIpc) is 3.30. The Labute approximate surface area is 128 Å². The fraction of sp³-hybridized carbons (Fsp3) is 0.600. The van der Waals surface area contributed by atoms with Gasteiger partial charge in [-0.2, -0.15) is 0 Å². The van der Waals surface area contributed by atoms with Crippen LogP contribution in [0.1, 0.15) is 31.2 Å². The van der Waals surface area contributed by atoms with Gasteiger partial charge in [-0.3, -0.25) is 9.78 Å². The summed E-state index contributed by atoms with van der Waals surface area (Å²) >= 11 is 3.44. The summed E-state index contributed by atoms with van der Waals surface area (Å²) in [5, 5.41) is 3.57. The summed E-state index contributed by atoms with van der Waals surface area (Å²) in [6.45, 7) is 2.65. The molecule has 1 saturated heterocycles. The Hall–Kier alpha value is -0.940. The molecule has 0 bridgehead atoms. The fourth-order valence-corrected chi connectivity index (χ4v) is 3.12. The number of aromatic nitrogens is 1. The predicted octanol–water partition coefficient (Wildman–Crippen LogP) is 2.33. The van der Waals surface area contributed by atoms with Crippen LogP contribution in [-0.4, -0.2) is 34.9 Å². The van der Waals surface area contributed by atoms with Crippen molar-refractivity contribution in [3.05, 3.63) is 28.5 Å². The topological polar surface area (TPSA) is 45.2 Å². The molecule has 3 rings (SSSR count). The second-order valence-corrected chi connectivity index (χ2v) is 6.68. The molecule has 2 aliphatic rings. The minimum Gasteiger partial charge on any atom is -0.342 e. The predicted molar refractivity (Wildman–Crippen MR) is 81.1 cm³/mol. The SMILES string of the molecule is O=C(C1CC1)N1CCC(NCc2cncc(Br)c2)CC1. The van der Waals surface area contributed by atoms with Crippen molar-refractivity contribution in [2.75, 3.05) is 13.1 Å². The molecule has 0 aromatic carbocycles. The Morgan fingerprint density at radius 3 is 2.70 bits per heavy atom. The van der Waals surface area contributed by atoms with Gasteiger partial charge in [0.25, 0.3) is 0 Å². The van der Waals surface area contributed by atoms with Crippen LogP contribution >= 0.6 is 15.9 Å². The van der Waals surface area contributed by atoms with Gasteiger partial charge in [-0.25, -0.2) is 0 Å². The summed E-state index contributed by atoms with van der Waals surface area (Å²) in [5.41, 5.74) is 1.19. The largest absolute Gasteiger partial charge is 0.342 e. The van der Waals surface area contributed by atoms with Crippen molar-refractivity contribution in [1.82, 2.24) is 15.2 Å². The van der Waals surface area contributed by atoms with Crippen LogP contribution in [0.5, 0.6) is 0 Å². The molecule has 20 heavy (non-hydrogen) atoms. The molecule has 0 spiro atoms. The molecule has 1 aromatic rings. The molecular formula is C15H20BrN3O. The van der Waals surface area contributed by atoms with E-state index in [4.69, 9.17) is 0 Å². The van der Waals surface area contributed by atoms with Gasteiger partial charge >= 0.3 is 0 Å². The Kier molecular flexibility index (Phi) is 4.36. The summed E-state index contributed by atoms with van der Waals surface area (Å²) < 4.78 is 1.02. The van der Waals surface area contributed by atoms with Crippen molar-refractivity contribution >= 4 is 21.8 Å². The first-order valence-electron chi connectivity index (χ1n) is 7.34. The number of piperidine rings is 1. The summed E-state index contributed by atoms with van der Waals surface area (Å²) in [7, 11) is 0. The van der Waals surface area contributed by atoms with Crippen LogP contribution in [-0.2, 0) is 11.3 Å². The fourth-order valence-electron chi connectivity index (χ4n) is 2.71. The molecule has 4 nitrogen and oxygen atoms in total. The number of nitrogens with one attached hydrogen (secondary N) is 1. The van der Waals surface area contributed by atoms with E-state index in [1.54, 1.807) is 6.20 Å². The molecule has 2 fully saturated rings. The first-order valence-corrected chi connectivity index (χ1v) is 8.13. The van der Waals surface area contributed by atoms with Crippen molar-refractivity contribution in [3.63, 3.8) is 0 Å². The second-order valence-electron chi connectivity index (χ2n) is 5.77. The van der Waals surface area contributed by atoms with E-state index in [0.717, 1.165) is 49.8 Å². The van der Waals surface area contributed by atoms with E-state index in [1.165, 1.54) is 5.56 Å². The van der Waals surface area contributed by atoms with E-state index < -0.39 is 0 Å². The lowest BCUT2D eigenvalue weighted by atomic mass is 10.0. The molecule has 1 aliphatic heterocycles. The Morgan fingerprint density at radius 1 is 1.30 bits per heavy atom. The van der Waals surface area contributed by atoms with Crippen molar-refractivity contribution in [1.29, 1.82) is 0 Å². The zero-order valence-corrected chi connectivity index (χ0v) is 13.1. The number of rotatable bonds is 4. The van der Waals surface area contributed by atoms with E-state index in [2.05, 4.69) is 37.2 Å². The maximum absolute atomic E-state index is 12.0. The van der Waals surface area contributed by atoms with E-state index in [1.807, 2.05) is 6.20 Å². The third kappa shape index (κ3) is 3.58. The smallest absolute Gasteiger partial charge is 0.225 e. The normalized spacial score (nSPS) is 20.1. The van der Waals surface area contributed by atoms with Crippen LogP contribution in [0.2, 0.25) is 0 Å². The highest BCUT2D eigenvalue weighted by atomic mass is 79.9. The summed E-state index contributed by atoms with van der Waals surface area (Å²) in [5.74, 6) is 0.742. The first-order chi connectivity index (χ1) is 9.72. The number of hydrogen-bond acceptors (Lipinski definition) is 3. The lowest BCUT2D eigenvalue weighted by Crippen LogP contribution is -2.45. The third-order valence-corrected chi connectivity index (χ3v) is 4.52. The highest BCUT2D eigenvalue weighted by Gasteiger charge is 2.34. The van der Waals surface area contributed by atoms with Crippen LogP contribution in [0.25, 0.3) is 0 Å². The first kappa shape index (κ1) is 14.0. The molecule has 1 aromatic heterocycles. The third-order valence-electron chi connectivity index (χ3n) is 4.09. The van der Waals surface area contributed by atoms with Gasteiger partial charge in [-0.1, -0.05) is 0 Å². The molecule has 0 radical (unpaired) electrons. The van der Waals surface area contributed by atoms with Gasteiger partial charge in [0.2, 0.25) is 5.91 Å². The van der Waals surface area contributed by atoms with Crippen LogP contribution < -0.4 is 5.32 Å². The Bertz CT molecular complexity index is 482. The zero-order valence-electron chi connectivity index (χ0n) is 11.5. The monoisotopic (exact) mass is 337 g/mol. The maximum Gasteiger partial charge on any atom is 0.225 e. The number of amides is 1. The number of nitrogens with zero attached hydrogens (tertiary/aromatic N) is 2. The minimum absolute atomic E-state index is 0.354. The van der Waals surface area contributed by atoms with Crippen LogP contribution in [0, 0.1) is 5.92 Å². The van der Waals surface area contributed by atoms with Crippen LogP contribution in [0.4, 0.5) is 0 Å². The Morgan fingerprint density at radius 2 is 2.05 bits per heavy atom. The van der Waals surface area contributed by atoms with E-state index in [0.29, 0.717) is 17.9 Å². The molecule has 5 heteroatoms. The van der Waals surface area contributed by atoms with Gasteiger partial charge in [0.15, 0.2) is 0 Å². The molecule has 2 heterocycles.